The Morgan fingerprint density at radius 3 is 2.67 bits per heavy atom. The van der Waals surface area contributed by atoms with Gasteiger partial charge < -0.3 is 9.47 Å². The van der Waals surface area contributed by atoms with E-state index in [2.05, 4.69) is 27.2 Å². The minimum absolute atomic E-state index is 0.00872. The van der Waals surface area contributed by atoms with Crippen LogP contribution in [0.5, 0.6) is 11.5 Å². The molecule has 1 saturated heterocycles. The van der Waals surface area contributed by atoms with Crippen molar-refractivity contribution in [2.75, 3.05) is 18.6 Å². The topological polar surface area (TPSA) is 84.9 Å². The molecule has 0 atom stereocenters. The fourth-order valence-electron chi connectivity index (χ4n) is 2.72. The van der Waals surface area contributed by atoms with E-state index < -0.39 is 23.7 Å². The number of hydrogen-bond acceptors (Lipinski definition) is 5. The van der Waals surface area contributed by atoms with Crippen LogP contribution in [0.4, 0.5) is 14.9 Å². The van der Waals surface area contributed by atoms with Gasteiger partial charge in [-0.15, -0.1) is 6.42 Å². The van der Waals surface area contributed by atoms with Crippen LogP contribution in [-0.2, 0) is 9.59 Å². The Balaban J connectivity index is 2.03. The number of methoxy groups -OCH3 is 1. The van der Waals surface area contributed by atoms with Crippen LogP contribution in [0.15, 0.2) is 46.4 Å². The maximum atomic E-state index is 13.6. The molecule has 152 valence electrons. The number of barbiturate groups is 1. The zero-order valence-corrected chi connectivity index (χ0v) is 17.2. The van der Waals surface area contributed by atoms with Crippen LogP contribution in [0.25, 0.3) is 6.08 Å². The van der Waals surface area contributed by atoms with Gasteiger partial charge in [-0.1, -0.05) is 27.9 Å². The number of ether oxygens (including phenoxy) is 2. The van der Waals surface area contributed by atoms with Crippen molar-refractivity contribution in [2.45, 2.75) is 0 Å². The van der Waals surface area contributed by atoms with Crippen molar-refractivity contribution in [3.63, 3.8) is 0 Å². The van der Waals surface area contributed by atoms with Gasteiger partial charge >= 0.3 is 6.03 Å². The maximum absolute atomic E-state index is 13.6. The average molecular weight is 473 g/mol. The van der Waals surface area contributed by atoms with Crippen LogP contribution >= 0.6 is 15.9 Å². The van der Waals surface area contributed by atoms with Gasteiger partial charge in [-0.25, -0.2) is 14.1 Å². The summed E-state index contributed by atoms with van der Waals surface area (Å²) in [5, 5.41) is 2.08. The second-order valence-corrected chi connectivity index (χ2v) is 6.81. The van der Waals surface area contributed by atoms with E-state index in [-0.39, 0.29) is 17.9 Å². The van der Waals surface area contributed by atoms with Gasteiger partial charge in [0.15, 0.2) is 11.5 Å². The van der Waals surface area contributed by atoms with Crippen LogP contribution in [-0.4, -0.2) is 31.6 Å². The molecule has 7 nitrogen and oxygen atoms in total. The molecule has 1 fully saturated rings. The standard InChI is InChI=1S/C21H14BrFN2O5/c1-3-7-30-18-11-16(22)12(9-17(18)29-2)8-15-19(26)24-21(28)25(20(15)27)14-6-4-5-13(23)10-14/h1,4-6,8-11H,7H2,2H3,(H,24,26,28)/b15-8+. The summed E-state index contributed by atoms with van der Waals surface area (Å²) in [6.45, 7) is 0.0227. The maximum Gasteiger partial charge on any atom is 0.335 e. The summed E-state index contributed by atoms with van der Waals surface area (Å²) in [6.07, 6.45) is 6.48. The third-order valence-corrected chi connectivity index (χ3v) is 4.75. The Labute approximate surface area is 179 Å². The summed E-state index contributed by atoms with van der Waals surface area (Å²) >= 11 is 3.35. The lowest BCUT2D eigenvalue weighted by atomic mass is 10.1. The molecular weight excluding hydrogens is 459 g/mol. The Kier molecular flexibility index (Phi) is 6.18. The quantitative estimate of drug-likeness (QED) is 0.410. The molecule has 0 aromatic heterocycles. The number of imide groups is 2. The molecule has 0 unspecified atom stereocenters. The Morgan fingerprint density at radius 2 is 2.00 bits per heavy atom. The van der Waals surface area contributed by atoms with E-state index in [1.807, 2.05) is 0 Å². The third kappa shape index (κ3) is 4.18. The smallest absolute Gasteiger partial charge is 0.335 e. The van der Waals surface area contributed by atoms with E-state index in [1.54, 1.807) is 6.07 Å². The van der Waals surface area contributed by atoms with Crippen molar-refractivity contribution in [2.24, 2.45) is 0 Å². The van der Waals surface area contributed by atoms with Crippen molar-refractivity contribution in [1.82, 2.24) is 5.32 Å². The van der Waals surface area contributed by atoms with Gasteiger partial charge in [0.1, 0.15) is 18.0 Å². The molecule has 1 aliphatic heterocycles. The van der Waals surface area contributed by atoms with Gasteiger partial charge in [-0.2, -0.15) is 0 Å². The molecular formula is C21H14BrFN2O5. The largest absolute Gasteiger partial charge is 0.493 e. The van der Waals surface area contributed by atoms with E-state index in [4.69, 9.17) is 15.9 Å². The first-order chi connectivity index (χ1) is 14.3. The first-order valence-corrected chi connectivity index (χ1v) is 9.25. The van der Waals surface area contributed by atoms with Gasteiger partial charge in [0, 0.05) is 4.47 Å². The van der Waals surface area contributed by atoms with Crippen molar-refractivity contribution < 1.29 is 28.2 Å². The fourth-order valence-corrected chi connectivity index (χ4v) is 3.15. The lowest BCUT2D eigenvalue weighted by molar-refractivity contribution is -0.122. The van der Waals surface area contributed by atoms with Crippen molar-refractivity contribution in [1.29, 1.82) is 0 Å². The third-order valence-electron chi connectivity index (χ3n) is 4.06. The van der Waals surface area contributed by atoms with E-state index in [9.17, 15) is 18.8 Å². The number of halogens is 2. The van der Waals surface area contributed by atoms with Gasteiger partial charge in [0.25, 0.3) is 11.8 Å². The molecule has 0 spiro atoms. The highest BCUT2D eigenvalue weighted by Crippen LogP contribution is 2.35. The fraction of sp³-hybridized carbons (Fsp3) is 0.0952. The molecule has 1 aliphatic rings. The molecule has 0 bridgehead atoms. The van der Waals surface area contributed by atoms with E-state index in [1.165, 1.54) is 37.5 Å². The first kappa shape index (κ1) is 21.1. The number of hydrogen-bond donors (Lipinski definition) is 1. The van der Waals surface area contributed by atoms with Gasteiger partial charge in [-0.3, -0.25) is 14.9 Å². The van der Waals surface area contributed by atoms with Crippen LogP contribution < -0.4 is 19.7 Å². The van der Waals surface area contributed by atoms with E-state index in [0.29, 0.717) is 26.4 Å². The average Bonchev–Trinajstić information content (AvgIpc) is 2.70. The number of urea groups is 1. The highest BCUT2D eigenvalue weighted by atomic mass is 79.9. The minimum Gasteiger partial charge on any atom is -0.493 e. The lowest BCUT2D eigenvalue weighted by Gasteiger charge is -2.26. The number of terminal acetylenes is 1. The summed E-state index contributed by atoms with van der Waals surface area (Å²) in [7, 11) is 1.42. The summed E-state index contributed by atoms with van der Waals surface area (Å²) in [6, 6.07) is 7.05. The van der Waals surface area contributed by atoms with E-state index >= 15 is 0 Å². The second-order valence-electron chi connectivity index (χ2n) is 5.96. The normalized spacial score (nSPS) is 15.1. The van der Waals surface area contributed by atoms with Crippen molar-refractivity contribution in [3.05, 3.63) is 57.8 Å². The summed E-state index contributed by atoms with van der Waals surface area (Å²) < 4.78 is 24.7. The molecule has 0 aliphatic carbocycles. The molecule has 2 aromatic carbocycles. The zero-order valence-electron chi connectivity index (χ0n) is 15.6. The number of amides is 4. The van der Waals surface area contributed by atoms with E-state index in [0.717, 1.165) is 6.07 Å². The molecule has 1 heterocycles. The van der Waals surface area contributed by atoms with Crippen molar-refractivity contribution >= 4 is 45.5 Å². The van der Waals surface area contributed by atoms with Crippen LogP contribution in [0.2, 0.25) is 0 Å². The molecule has 3 rings (SSSR count). The number of benzene rings is 2. The van der Waals surface area contributed by atoms with Crippen LogP contribution in [0, 0.1) is 18.2 Å². The molecule has 9 heteroatoms. The molecule has 2 aromatic rings. The zero-order chi connectivity index (χ0) is 21.8. The molecule has 1 N–H and O–H groups in total. The second kappa shape index (κ2) is 8.80. The number of nitrogens with one attached hydrogen (secondary N) is 1. The monoisotopic (exact) mass is 472 g/mol. The van der Waals surface area contributed by atoms with Gasteiger partial charge in [-0.05, 0) is 42.0 Å². The number of nitrogens with zero attached hydrogens (tertiary/aromatic N) is 1. The summed E-state index contributed by atoms with van der Waals surface area (Å²) in [4.78, 5) is 38.1. The van der Waals surface area contributed by atoms with Crippen LogP contribution in [0.1, 0.15) is 5.56 Å². The Morgan fingerprint density at radius 1 is 1.23 bits per heavy atom. The van der Waals surface area contributed by atoms with Crippen molar-refractivity contribution in [3.8, 4) is 23.8 Å². The summed E-state index contributed by atoms with van der Waals surface area (Å²) in [5.74, 6) is 0.616. The first-order valence-electron chi connectivity index (χ1n) is 8.46. The minimum atomic E-state index is -0.970. The highest BCUT2D eigenvalue weighted by molar-refractivity contribution is 9.10. The highest BCUT2D eigenvalue weighted by Gasteiger charge is 2.37. The number of rotatable bonds is 5. The Bertz CT molecular complexity index is 1120. The van der Waals surface area contributed by atoms with Gasteiger partial charge in [0.05, 0.1) is 12.8 Å². The molecule has 0 radical (unpaired) electrons. The SMILES string of the molecule is C#CCOc1cc(Br)c(/C=C2\C(=O)NC(=O)N(c3cccc(F)c3)C2=O)cc1OC. The number of anilines is 1. The molecule has 30 heavy (non-hydrogen) atoms. The molecule has 4 amide bonds. The lowest BCUT2D eigenvalue weighted by Crippen LogP contribution is -2.54. The Hall–Kier alpha value is -3.64. The summed E-state index contributed by atoms with van der Waals surface area (Å²) in [5.41, 5.74) is 0.0800. The predicted octanol–water partition coefficient (Wildman–Crippen LogP) is 3.28. The molecule has 0 saturated carbocycles. The predicted molar refractivity (Wildman–Crippen MR) is 110 cm³/mol. The number of carbonyl (C=O) groups is 3. The van der Waals surface area contributed by atoms with Crippen LogP contribution in [0.3, 0.4) is 0 Å². The number of carbonyl (C=O) groups excluding carboxylic acids is 3. The van der Waals surface area contributed by atoms with Gasteiger partial charge in [0.2, 0.25) is 0 Å².